The summed E-state index contributed by atoms with van der Waals surface area (Å²) in [6.07, 6.45) is 3.54. The first-order chi connectivity index (χ1) is 18.4. The van der Waals surface area contributed by atoms with Crippen molar-refractivity contribution >= 4 is 23.3 Å². The van der Waals surface area contributed by atoms with E-state index in [4.69, 9.17) is 21.4 Å². The van der Waals surface area contributed by atoms with Gasteiger partial charge in [0.25, 0.3) is 0 Å². The number of hydrogen-bond donors (Lipinski definition) is 0. The summed E-state index contributed by atoms with van der Waals surface area (Å²) in [5, 5.41) is 0.785. The molecule has 0 bridgehead atoms. The third kappa shape index (κ3) is 7.99. The molecule has 2 fully saturated rings. The smallest absolute Gasteiger partial charge is 0.369 e. The predicted molar refractivity (Wildman–Crippen MR) is 159 cm³/mol. The highest BCUT2D eigenvalue weighted by Gasteiger charge is 2.38. The lowest BCUT2D eigenvalue weighted by Gasteiger charge is -2.43. The van der Waals surface area contributed by atoms with Crippen molar-refractivity contribution in [1.29, 1.82) is 0 Å². The van der Waals surface area contributed by atoms with Crippen LogP contribution in [0.1, 0.15) is 75.7 Å². The van der Waals surface area contributed by atoms with Gasteiger partial charge in [-0.2, -0.15) is 4.89 Å². The van der Waals surface area contributed by atoms with Crippen LogP contribution in [0.25, 0.3) is 0 Å². The van der Waals surface area contributed by atoms with Gasteiger partial charge in [-0.15, -0.1) is 5.73 Å². The van der Waals surface area contributed by atoms with Crippen molar-refractivity contribution in [3.8, 4) is 0 Å². The van der Waals surface area contributed by atoms with E-state index in [0.717, 1.165) is 49.9 Å². The van der Waals surface area contributed by atoms with Crippen LogP contribution in [0.5, 0.6) is 0 Å². The van der Waals surface area contributed by atoms with Gasteiger partial charge >= 0.3 is 5.97 Å². The number of anilines is 1. The average Bonchev–Trinajstić information content (AvgIpc) is 2.90. The van der Waals surface area contributed by atoms with E-state index in [-0.39, 0.29) is 0 Å². The molecule has 6 heteroatoms. The number of halogens is 1. The van der Waals surface area contributed by atoms with E-state index in [9.17, 15) is 4.79 Å². The highest BCUT2D eigenvalue weighted by atomic mass is 35.5. The van der Waals surface area contributed by atoms with Gasteiger partial charge in [0.1, 0.15) is 5.60 Å². The summed E-state index contributed by atoms with van der Waals surface area (Å²) in [5.74, 6) is 0.424. The molecule has 1 saturated carbocycles. The van der Waals surface area contributed by atoms with Gasteiger partial charge < -0.3 is 4.90 Å². The van der Waals surface area contributed by atoms with Crippen LogP contribution in [0, 0.1) is 11.3 Å². The van der Waals surface area contributed by atoms with Gasteiger partial charge in [-0.25, -0.2) is 4.79 Å². The van der Waals surface area contributed by atoms with E-state index in [1.54, 1.807) is 12.1 Å². The average molecular weight is 551 g/mol. The van der Waals surface area contributed by atoms with Gasteiger partial charge in [0.05, 0.1) is 5.56 Å². The number of piperazine rings is 1. The van der Waals surface area contributed by atoms with E-state index in [1.165, 1.54) is 24.0 Å². The fraction of sp³-hybridized carbons (Fsp3) is 0.515. The van der Waals surface area contributed by atoms with E-state index >= 15 is 0 Å². The number of carbonyl (C=O) groups is 1. The van der Waals surface area contributed by atoms with Gasteiger partial charge in [-0.3, -0.25) is 9.79 Å². The van der Waals surface area contributed by atoms with Crippen molar-refractivity contribution in [3.05, 3.63) is 82.6 Å². The second kappa shape index (κ2) is 12.3. The van der Waals surface area contributed by atoms with Gasteiger partial charge in [0.2, 0.25) is 0 Å². The maximum Gasteiger partial charge on any atom is 0.373 e. The molecule has 1 aliphatic carbocycles. The molecule has 210 valence electrons. The number of nitrogens with zero attached hydrogens (tertiary/aromatic N) is 2. The minimum absolute atomic E-state index is 0.311. The Balaban J connectivity index is 1.36. The maximum absolute atomic E-state index is 12.3. The number of benzene rings is 2. The lowest BCUT2D eigenvalue weighted by Crippen LogP contribution is -2.47. The van der Waals surface area contributed by atoms with Gasteiger partial charge in [0.15, 0.2) is 0 Å². The summed E-state index contributed by atoms with van der Waals surface area (Å²) in [6, 6.07) is 16.0. The summed E-state index contributed by atoms with van der Waals surface area (Å²) in [4.78, 5) is 27.3. The van der Waals surface area contributed by atoms with Crippen LogP contribution in [0.4, 0.5) is 5.69 Å². The summed E-state index contributed by atoms with van der Waals surface area (Å²) in [7, 11) is 0. The molecule has 39 heavy (non-hydrogen) atoms. The molecule has 1 heterocycles. The van der Waals surface area contributed by atoms with Crippen molar-refractivity contribution < 1.29 is 14.6 Å². The van der Waals surface area contributed by atoms with Crippen LogP contribution >= 0.6 is 11.6 Å². The van der Waals surface area contributed by atoms with Crippen molar-refractivity contribution in [2.24, 2.45) is 11.3 Å². The third-order valence-corrected chi connectivity index (χ3v) is 8.22. The lowest BCUT2D eigenvalue weighted by atomic mass is 9.63. The third-order valence-electron chi connectivity index (χ3n) is 7.96. The molecule has 2 aromatic carbocycles. The lowest BCUT2D eigenvalue weighted by molar-refractivity contribution is -0.301. The molecular weight excluding hydrogens is 508 g/mol. The molecule has 1 saturated heterocycles. The second-order valence-electron chi connectivity index (χ2n) is 12.8. The molecule has 2 unspecified atom stereocenters. The topological polar surface area (TPSA) is 42.0 Å². The first kappa shape index (κ1) is 29.4. The molecule has 0 amide bonds. The van der Waals surface area contributed by atoms with Crippen LogP contribution in [-0.2, 0) is 9.78 Å². The largest absolute Gasteiger partial charge is 0.373 e. The number of carbonyl (C=O) groups excluding carboxylic acids is 1. The first-order valence-corrected chi connectivity index (χ1v) is 14.4. The first-order valence-electron chi connectivity index (χ1n) is 14.1. The quantitative estimate of drug-likeness (QED) is 0.201. The van der Waals surface area contributed by atoms with Gasteiger partial charge in [-0.05, 0) is 105 Å². The molecular formula is C33H43ClN2O3. The Hall–Kier alpha value is -2.56. The molecule has 0 radical (unpaired) electrons. The molecule has 5 nitrogen and oxygen atoms in total. The molecule has 0 aromatic heterocycles. The number of hydrogen-bond acceptors (Lipinski definition) is 5. The Labute approximate surface area is 239 Å². The van der Waals surface area contributed by atoms with Crippen LogP contribution in [-0.4, -0.2) is 49.2 Å². The molecule has 0 spiro atoms. The van der Waals surface area contributed by atoms with Crippen molar-refractivity contribution in [2.45, 2.75) is 65.4 Å². The standard InChI is InChI=1S/C33H43ClN2O3/c1-7-24(30-22-33(5,6)17-16-29(30)25-8-12-27(34)13-9-25)23-35-18-20-36(21-19-35)28-14-10-26(11-15-28)31(37)38-39-32(2,3)4/h8-15,29-30H,1,16-23H2,2-6H3. The minimum Gasteiger partial charge on any atom is -0.369 e. The SMILES string of the molecule is C=C=C(CN1CCN(c2ccc(C(=O)OOC(C)(C)C)cc2)CC1)C1CC(C)(C)CCC1c1ccc(Cl)cc1. The van der Waals surface area contributed by atoms with Crippen molar-refractivity contribution in [3.63, 3.8) is 0 Å². The molecule has 2 aromatic rings. The Kier molecular flexibility index (Phi) is 9.29. The molecule has 2 aliphatic rings. The Bertz CT molecular complexity index is 1170. The highest BCUT2D eigenvalue weighted by Crippen LogP contribution is 2.49. The predicted octanol–water partition coefficient (Wildman–Crippen LogP) is 7.67. The second-order valence-corrected chi connectivity index (χ2v) is 13.2. The summed E-state index contributed by atoms with van der Waals surface area (Å²) < 4.78 is 0. The Morgan fingerprint density at radius 3 is 2.28 bits per heavy atom. The van der Waals surface area contributed by atoms with E-state index in [2.05, 4.69) is 48.1 Å². The van der Waals surface area contributed by atoms with Gasteiger partial charge in [-0.1, -0.05) is 44.2 Å². The van der Waals surface area contributed by atoms with E-state index in [1.807, 2.05) is 45.0 Å². The summed E-state index contributed by atoms with van der Waals surface area (Å²) in [6.45, 7) is 19.1. The fourth-order valence-corrected chi connectivity index (χ4v) is 5.92. The van der Waals surface area contributed by atoms with Crippen molar-refractivity contribution in [1.82, 2.24) is 4.90 Å². The maximum atomic E-state index is 12.3. The molecule has 4 rings (SSSR count). The van der Waals surface area contributed by atoms with Crippen LogP contribution < -0.4 is 4.90 Å². The van der Waals surface area contributed by atoms with Crippen LogP contribution in [0.3, 0.4) is 0 Å². The van der Waals surface area contributed by atoms with Crippen LogP contribution in [0.2, 0.25) is 5.02 Å². The Morgan fingerprint density at radius 2 is 1.69 bits per heavy atom. The molecule has 2 atom stereocenters. The fourth-order valence-electron chi connectivity index (χ4n) is 5.79. The van der Waals surface area contributed by atoms with Crippen LogP contribution in [0.15, 0.2) is 66.4 Å². The van der Waals surface area contributed by atoms with Gasteiger partial charge in [0, 0.05) is 43.4 Å². The Morgan fingerprint density at radius 1 is 1.05 bits per heavy atom. The number of rotatable bonds is 7. The summed E-state index contributed by atoms with van der Waals surface area (Å²) in [5.41, 5.74) is 7.44. The highest BCUT2D eigenvalue weighted by molar-refractivity contribution is 6.30. The monoisotopic (exact) mass is 550 g/mol. The molecule has 0 N–H and O–H groups in total. The van der Waals surface area contributed by atoms with Crippen molar-refractivity contribution in [2.75, 3.05) is 37.6 Å². The normalized spacial score (nSPS) is 21.7. The van der Waals surface area contributed by atoms with E-state index < -0.39 is 11.6 Å². The van der Waals surface area contributed by atoms with E-state index in [0.29, 0.717) is 22.8 Å². The minimum atomic E-state index is -0.542. The zero-order chi connectivity index (χ0) is 28.2. The summed E-state index contributed by atoms with van der Waals surface area (Å²) >= 11 is 6.19. The molecule has 1 aliphatic heterocycles. The zero-order valence-electron chi connectivity index (χ0n) is 24.1. The zero-order valence-corrected chi connectivity index (χ0v) is 24.9.